The first kappa shape index (κ1) is 18.6. The van der Waals surface area contributed by atoms with Gasteiger partial charge in [0.1, 0.15) is 11.6 Å². The molecular weight excluding hydrogens is 352 g/mol. The summed E-state index contributed by atoms with van der Waals surface area (Å²) < 4.78 is 31.3. The van der Waals surface area contributed by atoms with Crippen molar-refractivity contribution in [1.82, 2.24) is 0 Å². The molecule has 0 bridgehead atoms. The van der Waals surface area contributed by atoms with Crippen molar-refractivity contribution >= 4 is 35.2 Å². The molecule has 0 aliphatic heterocycles. The molecule has 0 radical (unpaired) electrons. The van der Waals surface area contributed by atoms with Crippen LogP contribution in [0.2, 0.25) is 5.02 Å². The van der Waals surface area contributed by atoms with E-state index in [1.165, 1.54) is 37.3 Å². The van der Waals surface area contributed by atoms with Crippen molar-refractivity contribution in [2.75, 3.05) is 5.32 Å². The second kappa shape index (κ2) is 8.39. The van der Waals surface area contributed by atoms with Crippen molar-refractivity contribution in [3.63, 3.8) is 0 Å². The van der Waals surface area contributed by atoms with Crippen LogP contribution in [0.1, 0.15) is 12.5 Å². The fourth-order valence-electron chi connectivity index (χ4n) is 1.86. The maximum atomic E-state index is 13.4. The average Bonchev–Trinajstić information content (AvgIpc) is 2.56. The van der Waals surface area contributed by atoms with E-state index in [-0.39, 0.29) is 16.3 Å². The largest absolute Gasteiger partial charge is 0.449 e. The molecule has 0 fully saturated rings. The Kier molecular flexibility index (Phi) is 6.25. The molecule has 25 heavy (non-hydrogen) atoms. The summed E-state index contributed by atoms with van der Waals surface area (Å²) in [5.74, 6) is -2.47. The Balaban J connectivity index is 1.94. The minimum absolute atomic E-state index is 0.0197. The molecule has 0 saturated heterocycles. The Morgan fingerprint density at radius 1 is 1.20 bits per heavy atom. The van der Waals surface area contributed by atoms with Gasteiger partial charge in [-0.2, -0.15) is 0 Å². The predicted octanol–water partition coefficient (Wildman–Crippen LogP) is 4.20. The van der Waals surface area contributed by atoms with Crippen LogP contribution >= 0.6 is 11.6 Å². The van der Waals surface area contributed by atoms with Gasteiger partial charge in [-0.15, -0.1) is 0 Å². The Morgan fingerprint density at radius 2 is 1.92 bits per heavy atom. The third-order valence-corrected chi connectivity index (χ3v) is 3.47. The standard InChI is InChI=1S/C18H14ClF2NO3/c1-11(18(24)22-16-8-7-13(20)10-14(16)19)25-17(23)9-6-12-4-2-3-5-15(12)21/h2-11H,1H3,(H,22,24)/b9-6+/t11-/m0/s1. The molecule has 0 aliphatic rings. The molecule has 1 atom stereocenters. The van der Waals surface area contributed by atoms with Gasteiger partial charge in [0, 0.05) is 11.6 Å². The summed E-state index contributed by atoms with van der Waals surface area (Å²) in [6.07, 6.45) is 1.14. The van der Waals surface area contributed by atoms with Gasteiger partial charge in [0.25, 0.3) is 5.91 Å². The summed E-state index contributed by atoms with van der Waals surface area (Å²) in [5, 5.41) is 2.45. The number of carbonyl (C=O) groups is 2. The van der Waals surface area contributed by atoms with Gasteiger partial charge in [-0.1, -0.05) is 29.8 Å². The molecule has 2 aromatic rings. The number of anilines is 1. The molecule has 7 heteroatoms. The average molecular weight is 366 g/mol. The highest BCUT2D eigenvalue weighted by Crippen LogP contribution is 2.22. The normalized spacial score (nSPS) is 12.0. The van der Waals surface area contributed by atoms with Gasteiger partial charge >= 0.3 is 5.97 Å². The van der Waals surface area contributed by atoms with Crippen LogP contribution in [-0.4, -0.2) is 18.0 Å². The first-order valence-electron chi connectivity index (χ1n) is 7.26. The molecule has 0 saturated carbocycles. The number of ether oxygens (including phenoxy) is 1. The third kappa shape index (κ3) is 5.39. The quantitative estimate of drug-likeness (QED) is 0.638. The van der Waals surface area contributed by atoms with Gasteiger partial charge in [0.05, 0.1) is 10.7 Å². The van der Waals surface area contributed by atoms with Crippen molar-refractivity contribution < 1.29 is 23.1 Å². The lowest BCUT2D eigenvalue weighted by atomic mass is 10.2. The summed E-state index contributed by atoms with van der Waals surface area (Å²) in [6.45, 7) is 1.36. The SMILES string of the molecule is C[C@H](OC(=O)/C=C/c1ccccc1F)C(=O)Nc1ccc(F)cc1Cl. The van der Waals surface area contributed by atoms with Crippen molar-refractivity contribution in [1.29, 1.82) is 0 Å². The van der Waals surface area contributed by atoms with Crippen LogP contribution in [0.25, 0.3) is 6.08 Å². The predicted molar refractivity (Wildman–Crippen MR) is 91.0 cm³/mol. The molecular formula is C18H14ClF2NO3. The molecule has 0 aliphatic carbocycles. The van der Waals surface area contributed by atoms with Crippen LogP contribution in [0.3, 0.4) is 0 Å². The van der Waals surface area contributed by atoms with Crippen LogP contribution in [0.15, 0.2) is 48.5 Å². The van der Waals surface area contributed by atoms with Crippen LogP contribution in [0, 0.1) is 11.6 Å². The van der Waals surface area contributed by atoms with Gasteiger partial charge in [0.2, 0.25) is 0 Å². The second-order valence-electron chi connectivity index (χ2n) is 5.05. The number of hydrogen-bond acceptors (Lipinski definition) is 3. The van der Waals surface area contributed by atoms with Gasteiger partial charge in [-0.25, -0.2) is 13.6 Å². The smallest absolute Gasteiger partial charge is 0.331 e. The topological polar surface area (TPSA) is 55.4 Å². The zero-order valence-electron chi connectivity index (χ0n) is 13.1. The lowest BCUT2D eigenvalue weighted by molar-refractivity contribution is -0.148. The number of benzene rings is 2. The molecule has 1 amide bonds. The molecule has 0 heterocycles. The van der Waals surface area contributed by atoms with E-state index in [1.54, 1.807) is 6.07 Å². The fourth-order valence-corrected chi connectivity index (χ4v) is 2.07. The highest BCUT2D eigenvalue weighted by atomic mass is 35.5. The van der Waals surface area contributed by atoms with Gasteiger partial charge in [-0.05, 0) is 37.3 Å². The van der Waals surface area contributed by atoms with E-state index in [2.05, 4.69) is 5.32 Å². The number of carbonyl (C=O) groups excluding carboxylic acids is 2. The summed E-state index contributed by atoms with van der Waals surface area (Å²) in [7, 11) is 0. The maximum Gasteiger partial charge on any atom is 0.331 e. The fraction of sp³-hybridized carbons (Fsp3) is 0.111. The zero-order valence-corrected chi connectivity index (χ0v) is 13.9. The van der Waals surface area contributed by atoms with Crippen LogP contribution in [0.5, 0.6) is 0 Å². The lowest BCUT2D eigenvalue weighted by Crippen LogP contribution is -2.29. The van der Waals surface area contributed by atoms with Crippen LogP contribution < -0.4 is 5.32 Å². The molecule has 1 N–H and O–H groups in total. The lowest BCUT2D eigenvalue weighted by Gasteiger charge is -2.13. The third-order valence-electron chi connectivity index (χ3n) is 3.16. The van der Waals surface area contributed by atoms with E-state index in [9.17, 15) is 18.4 Å². The van der Waals surface area contributed by atoms with Crippen molar-refractivity contribution in [2.45, 2.75) is 13.0 Å². The summed E-state index contributed by atoms with van der Waals surface area (Å²) in [4.78, 5) is 23.7. The first-order chi connectivity index (χ1) is 11.9. The van der Waals surface area contributed by atoms with Gasteiger partial charge in [-0.3, -0.25) is 4.79 Å². The van der Waals surface area contributed by atoms with E-state index >= 15 is 0 Å². The van der Waals surface area contributed by atoms with E-state index in [1.807, 2.05) is 0 Å². The van der Waals surface area contributed by atoms with E-state index in [0.717, 1.165) is 18.2 Å². The van der Waals surface area contributed by atoms with Crippen molar-refractivity contribution in [3.05, 3.63) is 70.8 Å². The minimum atomic E-state index is -1.13. The summed E-state index contributed by atoms with van der Waals surface area (Å²) in [5.41, 5.74) is 0.410. The van der Waals surface area contributed by atoms with Crippen molar-refractivity contribution in [3.8, 4) is 0 Å². The monoisotopic (exact) mass is 365 g/mol. The Hall–Kier alpha value is -2.73. The van der Waals surface area contributed by atoms with E-state index in [0.29, 0.717) is 0 Å². The molecule has 2 aromatic carbocycles. The van der Waals surface area contributed by atoms with E-state index < -0.39 is 29.6 Å². The number of amides is 1. The van der Waals surface area contributed by atoms with Gasteiger partial charge in [0.15, 0.2) is 6.10 Å². The second-order valence-corrected chi connectivity index (χ2v) is 5.45. The minimum Gasteiger partial charge on any atom is -0.449 e. The summed E-state index contributed by atoms with van der Waals surface area (Å²) >= 11 is 5.81. The first-order valence-corrected chi connectivity index (χ1v) is 7.64. The molecule has 4 nitrogen and oxygen atoms in total. The Morgan fingerprint density at radius 3 is 2.60 bits per heavy atom. The van der Waals surface area contributed by atoms with E-state index in [4.69, 9.17) is 16.3 Å². The summed E-state index contributed by atoms with van der Waals surface area (Å²) in [6, 6.07) is 9.37. The molecule has 0 spiro atoms. The Labute approximate surface area is 148 Å². The number of nitrogens with one attached hydrogen (secondary N) is 1. The molecule has 0 unspecified atom stereocenters. The maximum absolute atomic E-state index is 13.4. The number of rotatable bonds is 5. The molecule has 130 valence electrons. The van der Waals surface area contributed by atoms with Crippen LogP contribution in [-0.2, 0) is 14.3 Å². The molecule has 0 aromatic heterocycles. The highest BCUT2D eigenvalue weighted by molar-refractivity contribution is 6.33. The Bertz CT molecular complexity index is 824. The van der Waals surface area contributed by atoms with Crippen molar-refractivity contribution in [2.24, 2.45) is 0 Å². The molecule has 2 rings (SSSR count). The number of esters is 1. The highest BCUT2D eigenvalue weighted by Gasteiger charge is 2.18. The zero-order chi connectivity index (χ0) is 18.4. The van der Waals surface area contributed by atoms with Crippen LogP contribution in [0.4, 0.5) is 14.5 Å². The number of halogens is 3. The number of hydrogen-bond donors (Lipinski definition) is 1. The van der Waals surface area contributed by atoms with Gasteiger partial charge < -0.3 is 10.1 Å².